The summed E-state index contributed by atoms with van der Waals surface area (Å²) in [5.41, 5.74) is 5.27. The molecule has 0 spiro atoms. The first-order valence-electron chi connectivity index (χ1n) is 4.93. The van der Waals surface area contributed by atoms with Crippen LogP contribution in [-0.4, -0.2) is 38.6 Å². The van der Waals surface area contributed by atoms with Crippen LogP contribution in [0, 0.1) is 0 Å². The topological polar surface area (TPSA) is 110 Å². The zero-order chi connectivity index (χ0) is 11.3. The van der Waals surface area contributed by atoms with Gasteiger partial charge in [0.1, 0.15) is 0 Å². The number of hydrogen-bond donors (Lipinski definition) is 3. The van der Waals surface area contributed by atoms with E-state index in [0.29, 0.717) is 6.54 Å². The van der Waals surface area contributed by atoms with Crippen molar-refractivity contribution >= 4 is 5.91 Å². The van der Waals surface area contributed by atoms with E-state index < -0.39 is 0 Å². The van der Waals surface area contributed by atoms with Gasteiger partial charge in [0, 0.05) is 6.54 Å². The number of nitrogens with one attached hydrogen (secondary N) is 2. The molecule has 1 aromatic rings. The van der Waals surface area contributed by atoms with Gasteiger partial charge in [0.05, 0.1) is 5.54 Å². The van der Waals surface area contributed by atoms with Crippen LogP contribution in [0.2, 0.25) is 0 Å². The van der Waals surface area contributed by atoms with E-state index in [-0.39, 0.29) is 17.3 Å². The van der Waals surface area contributed by atoms with E-state index in [0.717, 1.165) is 12.8 Å². The minimum Gasteiger partial charge on any atom is -0.343 e. The van der Waals surface area contributed by atoms with Gasteiger partial charge in [0.2, 0.25) is 0 Å². The van der Waals surface area contributed by atoms with Crippen LogP contribution in [0.3, 0.4) is 0 Å². The Hall–Kier alpha value is -1.50. The molecule has 15 heavy (non-hydrogen) atoms. The first kappa shape index (κ1) is 11.6. The number of H-pyrrole nitrogens is 1. The molecule has 0 saturated heterocycles. The summed E-state index contributed by atoms with van der Waals surface area (Å²) in [6, 6.07) is 0. The van der Waals surface area contributed by atoms with Crippen LogP contribution in [0.5, 0.6) is 0 Å². The molecular formula is C8H16N6O. The lowest BCUT2D eigenvalue weighted by molar-refractivity contribution is 0.0884. The molecule has 0 radical (unpaired) electrons. The second-order valence-electron chi connectivity index (χ2n) is 3.38. The number of carbonyl (C=O) groups is 1. The third-order valence-corrected chi connectivity index (χ3v) is 2.67. The van der Waals surface area contributed by atoms with E-state index in [2.05, 4.69) is 25.9 Å². The normalized spacial score (nSPS) is 11.4. The first-order valence-corrected chi connectivity index (χ1v) is 4.93. The lowest BCUT2D eigenvalue weighted by Gasteiger charge is -2.30. The highest BCUT2D eigenvalue weighted by Gasteiger charge is 2.28. The zero-order valence-electron chi connectivity index (χ0n) is 8.95. The van der Waals surface area contributed by atoms with Crippen LogP contribution in [-0.2, 0) is 0 Å². The van der Waals surface area contributed by atoms with E-state index in [1.807, 2.05) is 13.8 Å². The van der Waals surface area contributed by atoms with Gasteiger partial charge in [0.15, 0.2) is 0 Å². The van der Waals surface area contributed by atoms with Crippen molar-refractivity contribution in [2.45, 2.75) is 32.2 Å². The molecule has 0 fully saturated rings. The molecule has 1 rings (SSSR count). The maximum Gasteiger partial charge on any atom is 0.293 e. The van der Waals surface area contributed by atoms with Gasteiger partial charge in [-0.2, -0.15) is 5.21 Å². The molecule has 0 aromatic carbocycles. The number of aromatic nitrogens is 4. The van der Waals surface area contributed by atoms with Gasteiger partial charge in [-0.25, -0.2) is 0 Å². The average Bonchev–Trinajstić information content (AvgIpc) is 2.79. The highest BCUT2D eigenvalue weighted by atomic mass is 16.2. The molecule has 1 heterocycles. The monoisotopic (exact) mass is 212 g/mol. The maximum absolute atomic E-state index is 11.6. The summed E-state index contributed by atoms with van der Waals surface area (Å²) in [5.74, 6) is -0.312. The van der Waals surface area contributed by atoms with E-state index in [4.69, 9.17) is 5.73 Å². The number of nitrogens with zero attached hydrogens (tertiary/aromatic N) is 3. The van der Waals surface area contributed by atoms with E-state index in [9.17, 15) is 4.79 Å². The third kappa shape index (κ3) is 2.50. The summed E-state index contributed by atoms with van der Waals surface area (Å²) in [7, 11) is 0. The van der Waals surface area contributed by atoms with Gasteiger partial charge in [-0.05, 0) is 18.1 Å². The molecule has 0 unspecified atom stereocenters. The van der Waals surface area contributed by atoms with Crippen LogP contribution >= 0.6 is 0 Å². The number of nitrogens with two attached hydrogens (primary N) is 1. The number of tetrazole rings is 1. The second kappa shape index (κ2) is 4.83. The maximum atomic E-state index is 11.6. The Morgan fingerprint density at radius 3 is 2.60 bits per heavy atom. The molecule has 0 atom stereocenters. The Morgan fingerprint density at radius 2 is 2.20 bits per heavy atom. The Morgan fingerprint density at radius 1 is 1.53 bits per heavy atom. The SMILES string of the molecule is CCC(CC)(CN)NC(=O)c1nn[nH]n1. The lowest BCUT2D eigenvalue weighted by atomic mass is 9.93. The van der Waals surface area contributed by atoms with Crippen LogP contribution < -0.4 is 11.1 Å². The number of amides is 1. The van der Waals surface area contributed by atoms with Crippen molar-refractivity contribution in [2.24, 2.45) is 5.73 Å². The van der Waals surface area contributed by atoms with Gasteiger partial charge >= 0.3 is 0 Å². The van der Waals surface area contributed by atoms with Crippen molar-refractivity contribution in [1.29, 1.82) is 0 Å². The number of aromatic amines is 1. The first-order chi connectivity index (χ1) is 7.17. The highest BCUT2D eigenvalue weighted by molar-refractivity contribution is 5.90. The van der Waals surface area contributed by atoms with E-state index >= 15 is 0 Å². The number of hydrogen-bond acceptors (Lipinski definition) is 5. The molecule has 0 aliphatic rings. The molecule has 0 aliphatic heterocycles. The highest BCUT2D eigenvalue weighted by Crippen LogP contribution is 2.13. The molecule has 0 aliphatic carbocycles. The van der Waals surface area contributed by atoms with Crippen LogP contribution in [0.4, 0.5) is 0 Å². The molecule has 4 N–H and O–H groups in total. The van der Waals surface area contributed by atoms with Crippen molar-refractivity contribution in [3.8, 4) is 0 Å². The Bertz CT molecular complexity index is 297. The summed E-state index contributed by atoms with van der Waals surface area (Å²) < 4.78 is 0. The number of rotatable bonds is 5. The summed E-state index contributed by atoms with van der Waals surface area (Å²) in [6.07, 6.45) is 1.53. The summed E-state index contributed by atoms with van der Waals surface area (Å²) in [5, 5.41) is 15.6. The lowest BCUT2D eigenvalue weighted by Crippen LogP contribution is -2.53. The minimum atomic E-state index is -0.377. The molecular weight excluding hydrogens is 196 g/mol. The molecule has 1 aromatic heterocycles. The molecule has 7 heteroatoms. The fourth-order valence-corrected chi connectivity index (χ4v) is 1.32. The predicted octanol–water partition coefficient (Wildman–Crippen LogP) is -0.553. The Kier molecular flexibility index (Phi) is 3.73. The second-order valence-corrected chi connectivity index (χ2v) is 3.38. The van der Waals surface area contributed by atoms with Crippen LogP contribution in [0.1, 0.15) is 37.3 Å². The van der Waals surface area contributed by atoms with E-state index in [1.54, 1.807) is 0 Å². The molecule has 0 saturated carbocycles. The van der Waals surface area contributed by atoms with Crippen molar-refractivity contribution in [3.05, 3.63) is 5.82 Å². The van der Waals surface area contributed by atoms with Gasteiger partial charge in [-0.15, -0.1) is 10.2 Å². The van der Waals surface area contributed by atoms with Gasteiger partial charge in [-0.3, -0.25) is 4.79 Å². The van der Waals surface area contributed by atoms with Gasteiger partial charge in [0.25, 0.3) is 11.7 Å². The van der Waals surface area contributed by atoms with Crippen molar-refractivity contribution in [2.75, 3.05) is 6.54 Å². The van der Waals surface area contributed by atoms with Crippen LogP contribution in [0.15, 0.2) is 0 Å². The Balaban J connectivity index is 2.71. The molecule has 84 valence electrons. The largest absolute Gasteiger partial charge is 0.343 e. The van der Waals surface area contributed by atoms with Crippen molar-refractivity contribution in [1.82, 2.24) is 25.9 Å². The van der Waals surface area contributed by atoms with E-state index in [1.165, 1.54) is 0 Å². The third-order valence-electron chi connectivity index (χ3n) is 2.67. The molecule has 7 nitrogen and oxygen atoms in total. The van der Waals surface area contributed by atoms with Crippen molar-refractivity contribution < 1.29 is 4.79 Å². The molecule has 1 amide bonds. The standard InChI is InChI=1S/C8H16N6O/c1-3-8(4-2,5-9)10-7(15)6-11-13-14-12-6/h3-5,9H2,1-2H3,(H,10,15)(H,11,12,13,14). The van der Waals surface area contributed by atoms with Gasteiger partial charge < -0.3 is 11.1 Å². The number of carbonyl (C=O) groups excluding carboxylic acids is 1. The molecule has 0 bridgehead atoms. The van der Waals surface area contributed by atoms with Gasteiger partial charge in [-0.1, -0.05) is 13.8 Å². The van der Waals surface area contributed by atoms with Crippen LogP contribution in [0.25, 0.3) is 0 Å². The van der Waals surface area contributed by atoms with Crippen molar-refractivity contribution in [3.63, 3.8) is 0 Å². The fourth-order valence-electron chi connectivity index (χ4n) is 1.32. The average molecular weight is 212 g/mol. The quantitative estimate of drug-likeness (QED) is 0.606. The fraction of sp³-hybridized carbons (Fsp3) is 0.750. The summed E-state index contributed by atoms with van der Waals surface area (Å²) in [4.78, 5) is 11.6. The summed E-state index contributed by atoms with van der Waals surface area (Å²) in [6.45, 7) is 4.35. The smallest absolute Gasteiger partial charge is 0.293 e. The summed E-state index contributed by atoms with van der Waals surface area (Å²) >= 11 is 0. The zero-order valence-corrected chi connectivity index (χ0v) is 8.95. The predicted molar refractivity (Wildman–Crippen MR) is 54.0 cm³/mol. The minimum absolute atomic E-state index is 0.0368. The Labute approximate surface area is 87.8 Å².